The Morgan fingerprint density at radius 3 is 2.65 bits per heavy atom. The van der Waals surface area contributed by atoms with Gasteiger partial charge >= 0.3 is 0 Å². The second-order valence-electron chi connectivity index (χ2n) is 5.06. The normalized spacial score (nSPS) is 14.0. The van der Waals surface area contributed by atoms with Crippen LogP contribution in [-0.2, 0) is 7.05 Å². The Hall–Kier alpha value is -2.08. The third-order valence-corrected chi connectivity index (χ3v) is 3.07. The zero-order valence-corrected chi connectivity index (χ0v) is 11.9. The first-order valence-electron chi connectivity index (χ1n) is 6.63. The van der Waals surface area contributed by atoms with Crippen LogP contribution in [0.1, 0.15) is 30.6 Å². The molecule has 2 rings (SSSR count). The maximum absolute atomic E-state index is 12.3. The molecular weight excluding hydrogens is 256 g/mol. The van der Waals surface area contributed by atoms with Crippen LogP contribution in [0, 0.1) is 0 Å². The van der Waals surface area contributed by atoms with Crippen molar-refractivity contribution in [1.82, 2.24) is 19.7 Å². The third-order valence-electron chi connectivity index (χ3n) is 3.07. The lowest BCUT2D eigenvalue weighted by molar-refractivity contribution is 0.0923. The van der Waals surface area contributed by atoms with Crippen molar-refractivity contribution < 1.29 is 9.90 Å². The quantitative estimate of drug-likeness (QED) is 0.859. The van der Waals surface area contributed by atoms with Crippen LogP contribution in [0.2, 0.25) is 0 Å². The average molecular weight is 276 g/mol. The van der Waals surface area contributed by atoms with Crippen LogP contribution in [-0.4, -0.2) is 37.5 Å². The molecule has 0 radical (unpaired) electrons. The van der Waals surface area contributed by atoms with Gasteiger partial charge in [-0.05, 0) is 32.4 Å². The molecule has 2 aromatic rings. The lowest BCUT2D eigenvalue weighted by Crippen LogP contribution is -2.35. The van der Waals surface area contributed by atoms with Crippen molar-refractivity contribution in [3.63, 3.8) is 0 Å². The summed E-state index contributed by atoms with van der Waals surface area (Å²) in [4.78, 5) is 12.3. The van der Waals surface area contributed by atoms with Crippen molar-refractivity contribution in [1.29, 1.82) is 0 Å². The topological polar surface area (TPSA) is 72.1 Å². The first kappa shape index (κ1) is 14.3. The number of carbonyl (C=O) groups is 1. The Morgan fingerprint density at radius 2 is 2.05 bits per heavy atom. The Kier molecular flexibility index (Phi) is 4.24. The summed E-state index contributed by atoms with van der Waals surface area (Å²) in [7, 11) is 1.80. The Balaban J connectivity index is 2.19. The second kappa shape index (κ2) is 5.92. The molecule has 0 aliphatic carbocycles. The van der Waals surface area contributed by atoms with E-state index in [0.29, 0.717) is 12.0 Å². The molecule has 0 bridgehead atoms. The van der Waals surface area contributed by atoms with Crippen molar-refractivity contribution in [2.75, 3.05) is 0 Å². The summed E-state index contributed by atoms with van der Waals surface area (Å²) >= 11 is 0. The highest BCUT2D eigenvalue weighted by molar-refractivity contribution is 5.97. The van der Waals surface area contributed by atoms with Crippen molar-refractivity contribution in [2.24, 2.45) is 7.05 Å². The predicted molar refractivity (Wildman–Crippen MR) is 75.8 cm³/mol. The summed E-state index contributed by atoms with van der Waals surface area (Å²) in [6, 6.07) is 3.69. The van der Waals surface area contributed by atoms with Crippen molar-refractivity contribution in [3.8, 4) is 5.82 Å². The van der Waals surface area contributed by atoms with E-state index in [1.807, 2.05) is 36.0 Å². The fraction of sp³-hybridized carbons (Fsp3) is 0.429. The van der Waals surface area contributed by atoms with Gasteiger partial charge < -0.3 is 15.0 Å². The number of aliphatic hydroxyl groups is 1. The van der Waals surface area contributed by atoms with E-state index in [4.69, 9.17) is 0 Å². The molecule has 2 heterocycles. The molecular formula is C14H20N4O2. The minimum Gasteiger partial charge on any atom is -0.393 e. The van der Waals surface area contributed by atoms with Crippen LogP contribution < -0.4 is 5.32 Å². The second-order valence-corrected chi connectivity index (χ2v) is 5.06. The molecule has 108 valence electrons. The molecule has 0 fully saturated rings. The Morgan fingerprint density at radius 1 is 1.40 bits per heavy atom. The van der Waals surface area contributed by atoms with Gasteiger partial charge in [0.25, 0.3) is 5.91 Å². The summed E-state index contributed by atoms with van der Waals surface area (Å²) in [5.74, 6) is 0.534. The zero-order valence-electron chi connectivity index (χ0n) is 11.9. The van der Waals surface area contributed by atoms with E-state index in [1.165, 1.54) is 0 Å². The first-order valence-corrected chi connectivity index (χ1v) is 6.63. The zero-order chi connectivity index (χ0) is 14.7. The number of aromatic nitrogens is 3. The van der Waals surface area contributed by atoms with Gasteiger partial charge in [-0.15, -0.1) is 0 Å². The van der Waals surface area contributed by atoms with Gasteiger partial charge in [-0.3, -0.25) is 9.48 Å². The fourth-order valence-electron chi connectivity index (χ4n) is 2.25. The van der Waals surface area contributed by atoms with Gasteiger partial charge in [0.2, 0.25) is 0 Å². The van der Waals surface area contributed by atoms with Gasteiger partial charge in [0.05, 0.1) is 12.3 Å². The lowest BCUT2D eigenvalue weighted by Gasteiger charge is -2.15. The van der Waals surface area contributed by atoms with Crippen LogP contribution >= 0.6 is 0 Å². The van der Waals surface area contributed by atoms with Gasteiger partial charge in [-0.25, -0.2) is 0 Å². The van der Waals surface area contributed by atoms with E-state index < -0.39 is 6.10 Å². The van der Waals surface area contributed by atoms with Crippen molar-refractivity contribution in [3.05, 3.63) is 36.3 Å². The number of nitrogens with one attached hydrogen (secondary N) is 1. The number of rotatable bonds is 5. The summed E-state index contributed by atoms with van der Waals surface area (Å²) in [5.41, 5.74) is 0.515. The third kappa shape index (κ3) is 3.08. The minimum absolute atomic E-state index is 0.0970. The molecule has 0 aliphatic rings. The smallest absolute Gasteiger partial charge is 0.256 e. The number of hydrogen-bond acceptors (Lipinski definition) is 3. The molecule has 0 saturated heterocycles. The van der Waals surface area contributed by atoms with Crippen LogP contribution in [0.3, 0.4) is 0 Å². The molecule has 6 nitrogen and oxygen atoms in total. The molecule has 0 saturated carbocycles. The van der Waals surface area contributed by atoms with Crippen LogP contribution in [0.5, 0.6) is 0 Å². The van der Waals surface area contributed by atoms with Crippen LogP contribution in [0.25, 0.3) is 5.82 Å². The van der Waals surface area contributed by atoms with Gasteiger partial charge in [-0.1, -0.05) is 0 Å². The highest BCUT2D eigenvalue weighted by Gasteiger charge is 2.19. The van der Waals surface area contributed by atoms with Gasteiger partial charge in [0.1, 0.15) is 11.4 Å². The molecule has 2 aromatic heterocycles. The molecule has 2 N–H and O–H groups in total. The molecule has 2 atom stereocenters. The van der Waals surface area contributed by atoms with Crippen LogP contribution in [0.15, 0.2) is 30.7 Å². The Labute approximate surface area is 118 Å². The van der Waals surface area contributed by atoms with Crippen molar-refractivity contribution >= 4 is 5.91 Å². The number of carbonyl (C=O) groups excluding carboxylic acids is 1. The van der Waals surface area contributed by atoms with Gasteiger partial charge in [0.15, 0.2) is 0 Å². The van der Waals surface area contributed by atoms with E-state index in [0.717, 1.165) is 5.82 Å². The number of amides is 1. The van der Waals surface area contributed by atoms with E-state index in [9.17, 15) is 9.90 Å². The first-order chi connectivity index (χ1) is 9.49. The molecule has 0 aliphatic heterocycles. The van der Waals surface area contributed by atoms with E-state index in [-0.39, 0.29) is 11.9 Å². The van der Waals surface area contributed by atoms with E-state index in [1.54, 1.807) is 24.9 Å². The summed E-state index contributed by atoms with van der Waals surface area (Å²) in [5, 5.41) is 16.4. The number of hydrogen-bond donors (Lipinski definition) is 2. The lowest BCUT2D eigenvalue weighted by atomic mass is 10.1. The number of aryl methyl sites for hydroxylation is 1. The highest BCUT2D eigenvalue weighted by atomic mass is 16.3. The monoisotopic (exact) mass is 276 g/mol. The molecule has 0 aromatic carbocycles. The number of aliphatic hydroxyl groups excluding tert-OH is 1. The number of nitrogens with zero attached hydrogens (tertiary/aromatic N) is 3. The SMILES string of the molecule is CC(O)CC(C)NC(=O)c1cnn(C)c1-n1cccc1. The van der Waals surface area contributed by atoms with Gasteiger partial charge in [0, 0.05) is 25.5 Å². The largest absolute Gasteiger partial charge is 0.393 e. The molecule has 2 unspecified atom stereocenters. The highest BCUT2D eigenvalue weighted by Crippen LogP contribution is 2.14. The molecule has 0 spiro atoms. The average Bonchev–Trinajstić information content (AvgIpc) is 2.95. The maximum atomic E-state index is 12.3. The fourth-order valence-corrected chi connectivity index (χ4v) is 2.25. The van der Waals surface area contributed by atoms with Crippen molar-refractivity contribution in [2.45, 2.75) is 32.4 Å². The summed E-state index contributed by atoms with van der Waals surface area (Å²) in [6.07, 6.45) is 5.37. The van der Waals surface area contributed by atoms with Gasteiger partial charge in [-0.2, -0.15) is 5.10 Å². The van der Waals surface area contributed by atoms with E-state index >= 15 is 0 Å². The standard InChI is InChI=1S/C14H20N4O2/c1-10(8-11(2)19)16-13(20)12-9-15-17(3)14(12)18-6-4-5-7-18/h4-7,9-11,19H,8H2,1-3H3,(H,16,20). The molecule has 20 heavy (non-hydrogen) atoms. The Bertz CT molecular complexity index is 572. The summed E-state index contributed by atoms with van der Waals surface area (Å²) < 4.78 is 3.51. The predicted octanol–water partition coefficient (Wildman–Crippen LogP) is 1.10. The minimum atomic E-state index is -0.442. The maximum Gasteiger partial charge on any atom is 0.256 e. The van der Waals surface area contributed by atoms with E-state index in [2.05, 4.69) is 10.4 Å². The summed E-state index contributed by atoms with van der Waals surface area (Å²) in [6.45, 7) is 3.58. The molecule has 1 amide bonds. The van der Waals surface area contributed by atoms with Crippen LogP contribution in [0.4, 0.5) is 0 Å². The molecule has 6 heteroatoms.